The van der Waals surface area contributed by atoms with Crippen molar-refractivity contribution in [3.8, 4) is 0 Å². The summed E-state index contributed by atoms with van der Waals surface area (Å²) in [7, 11) is 0. The van der Waals surface area contributed by atoms with Crippen molar-refractivity contribution in [1.29, 1.82) is 0 Å². The molecule has 1 fully saturated rings. The first-order valence-corrected chi connectivity index (χ1v) is 9.18. The molecular weight excluding hydrogens is 230 g/mol. The molecule has 0 N–H and O–H groups in total. The maximum Gasteiger partial charge on any atom is 0.0786 e. The van der Waals surface area contributed by atoms with E-state index in [1.165, 1.54) is 108 Å². The quantitative estimate of drug-likeness (QED) is 0.341. The van der Waals surface area contributed by atoms with Gasteiger partial charge in [-0.3, -0.25) is 0 Å². The van der Waals surface area contributed by atoms with Crippen LogP contribution in [-0.4, -0.2) is 30.7 Å². The molecule has 0 bridgehead atoms. The van der Waals surface area contributed by atoms with Crippen molar-refractivity contribution >= 4 is 0 Å². The second-order valence-electron chi connectivity index (χ2n) is 6.77. The van der Waals surface area contributed by atoms with Crippen LogP contribution >= 0.6 is 0 Å². The van der Waals surface area contributed by atoms with Crippen LogP contribution in [0.15, 0.2) is 0 Å². The Morgan fingerprint density at radius 3 is 1.74 bits per heavy atom. The summed E-state index contributed by atoms with van der Waals surface area (Å²) in [5, 5.41) is 0. The van der Waals surface area contributed by atoms with Gasteiger partial charge < -0.3 is 4.48 Å². The van der Waals surface area contributed by atoms with Crippen LogP contribution in [0.4, 0.5) is 0 Å². The maximum atomic E-state index is 2.36. The zero-order valence-electron chi connectivity index (χ0n) is 13.8. The monoisotopic (exact) mass is 268 g/mol. The molecule has 0 aromatic rings. The smallest absolute Gasteiger partial charge is 0.0786 e. The summed E-state index contributed by atoms with van der Waals surface area (Å²) in [6.07, 6.45) is 17.5. The molecule has 1 saturated heterocycles. The number of hydrogen-bond donors (Lipinski definition) is 0. The van der Waals surface area contributed by atoms with Crippen molar-refractivity contribution < 1.29 is 4.48 Å². The van der Waals surface area contributed by atoms with Crippen LogP contribution in [0.1, 0.15) is 90.9 Å². The molecule has 1 aliphatic heterocycles. The molecule has 0 spiro atoms. The van der Waals surface area contributed by atoms with Gasteiger partial charge in [-0.2, -0.15) is 0 Å². The number of hydrogen-bond acceptors (Lipinski definition) is 0. The van der Waals surface area contributed by atoms with Crippen LogP contribution < -0.4 is 0 Å². The Hall–Kier alpha value is -0.0400. The Morgan fingerprint density at radius 1 is 0.579 bits per heavy atom. The second-order valence-corrected chi connectivity index (χ2v) is 6.77. The highest BCUT2D eigenvalue weighted by Gasteiger charge is 2.27. The van der Waals surface area contributed by atoms with Gasteiger partial charge in [-0.25, -0.2) is 0 Å². The van der Waals surface area contributed by atoms with E-state index in [4.69, 9.17) is 0 Å². The highest BCUT2D eigenvalue weighted by atomic mass is 15.3. The van der Waals surface area contributed by atoms with E-state index in [-0.39, 0.29) is 0 Å². The number of rotatable bonds is 11. The Bertz CT molecular complexity index is 188. The predicted octanol–water partition coefficient (Wildman–Crippen LogP) is 5.54. The van der Waals surface area contributed by atoms with E-state index in [2.05, 4.69) is 13.8 Å². The number of likely N-dealkylation sites (tertiary alicyclic amines) is 1. The number of piperidine rings is 1. The standard InChI is InChI=1S/C18H38N/c1-3-5-6-7-8-9-10-12-16-19(15-4-2)17-13-11-14-18-19/h3-18H2,1-2H3/q+1. The minimum atomic E-state index is 1.37. The van der Waals surface area contributed by atoms with Crippen molar-refractivity contribution in [2.75, 3.05) is 26.2 Å². The van der Waals surface area contributed by atoms with Crippen molar-refractivity contribution in [3.05, 3.63) is 0 Å². The third-order valence-corrected chi connectivity index (χ3v) is 4.95. The Morgan fingerprint density at radius 2 is 1.16 bits per heavy atom. The molecule has 1 heterocycles. The average molecular weight is 269 g/mol. The molecule has 1 rings (SSSR count). The normalized spacial score (nSPS) is 18.6. The summed E-state index contributed by atoms with van der Waals surface area (Å²) in [5.41, 5.74) is 0. The van der Waals surface area contributed by atoms with E-state index >= 15 is 0 Å². The molecule has 0 amide bonds. The van der Waals surface area contributed by atoms with Gasteiger partial charge in [0.1, 0.15) is 0 Å². The van der Waals surface area contributed by atoms with Crippen molar-refractivity contribution in [1.82, 2.24) is 0 Å². The Balaban J connectivity index is 2.05. The third-order valence-electron chi connectivity index (χ3n) is 4.95. The topological polar surface area (TPSA) is 0 Å². The molecule has 0 saturated carbocycles. The van der Waals surface area contributed by atoms with Crippen LogP contribution in [0, 0.1) is 0 Å². The van der Waals surface area contributed by atoms with Crippen molar-refractivity contribution in [2.45, 2.75) is 90.9 Å². The lowest BCUT2D eigenvalue weighted by molar-refractivity contribution is -0.932. The van der Waals surface area contributed by atoms with Crippen LogP contribution in [0.3, 0.4) is 0 Å². The molecular formula is C18H38N+. The number of nitrogens with zero attached hydrogens (tertiary/aromatic N) is 1. The summed E-state index contributed by atoms with van der Waals surface area (Å²) < 4.78 is 1.46. The molecule has 1 aliphatic rings. The maximum absolute atomic E-state index is 2.36. The van der Waals surface area contributed by atoms with Crippen molar-refractivity contribution in [3.63, 3.8) is 0 Å². The van der Waals surface area contributed by atoms with Gasteiger partial charge in [0.15, 0.2) is 0 Å². The molecule has 0 unspecified atom stereocenters. The molecule has 0 radical (unpaired) electrons. The predicted molar refractivity (Wildman–Crippen MR) is 86.5 cm³/mol. The first-order chi connectivity index (χ1) is 9.33. The fourth-order valence-corrected chi connectivity index (χ4v) is 3.80. The summed E-state index contributed by atoms with van der Waals surface area (Å²) in [6, 6.07) is 0. The average Bonchev–Trinajstić information content (AvgIpc) is 2.43. The van der Waals surface area contributed by atoms with Gasteiger partial charge in [0.25, 0.3) is 0 Å². The van der Waals surface area contributed by atoms with Crippen LogP contribution in [0.2, 0.25) is 0 Å². The first-order valence-electron chi connectivity index (χ1n) is 9.18. The summed E-state index contributed by atoms with van der Waals surface area (Å²) in [4.78, 5) is 0. The van der Waals surface area contributed by atoms with Gasteiger partial charge in [-0.05, 0) is 38.5 Å². The molecule has 1 nitrogen and oxygen atoms in total. The third kappa shape index (κ3) is 7.34. The summed E-state index contributed by atoms with van der Waals surface area (Å²) in [5.74, 6) is 0. The Labute approximate surface area is 122 Å². The van der Waals surface area contributed by atoms with Gasteiger partial charge in [-0.1, -0.05) is 52.4 Å². The molecule has 0 aromatic heterocycles. The van der Waals surface area contributed by atoms with E-state index in [0.717, 1.165) is 0 Å². The fourth-order valence-electron chi connectivity index (χ4n) is 3.80. The molecule has 0 aromatic carbocycles. The molecule has 19 heavy (non-hydrogen) atoms. The zero-order valence-corrected chi connectivity index (χ0v) is 13.8. The lowest BCUT2D eigenvalue weighted by Gasteiger charge is -2.41. The van der Waals surface area contributed by atoms with E-state index in [1.54, 1.807) is 0 Å². The highest BCUT2D eigenvalue weighted by Crippen LogP contribution is 2.21. The van der Waals surface area contributed by atoms with Crippen LogP contribution in [0.5, 0.6) is 0 Å². The molecule has 0 aliphatic carbocycles. The first kappa shape index (κ1) is 17.0. The highest BCUT2D eigenvalue weighted by molar-refractivity contribution is 4.55. The molecule has 114 valence electrons. The second kappa shape index (κ2) is 10.7. The van der Waals surface area contributed by atoms with E-state index in [9.17, 15) is 0 Å². The summed E-state index contributed by atoms with van der Waals surface area (Å²) >= 11 is 0. The lowest BCUT2D eigenvalue weighted by Crippen LogP contribution is -2.52. The van der Waals surface area contributed by atoms with Crippen LogP contribution in [-0.2, 0) is 0 Å². The van der Waals surface area contributed by atoms with Crippen LogP contribution in [0.25, 0.3) is 0 Å². The largest absolute Gasteiger partial charge is 0.324 e. The number of quaternary nitrogens is 1. The minimum Gasteiger partial charge on any atom is -0.324 e. The van der Waals surface area contributed by atoms with Gasteiger partial charge in [0.05, 0.1) is 26.2 Å². The lowest BCUT2D eigenvalue weighted by atomic mass is 10.0. The van der Waals surface area contributed by atoms with E-state index in [1.807, 2.05) is 0 Å². The van der Waals surface area contributed by atoms with Gasteiger partial charge in [0, 0.05) is 0 Å². The van der Waals surface area contributed by atoms with E-state index in [0.29, 0.717) is 0 Å². The SMILES string of the molecule is CCCCCCCCCC[N+]1(CCC)CCCCC1. The Kier molecular flexibility index (Phi) is 9.59. The van der Waals surface area contributed by atoms with Gasteiger partial charge >= 0.3 is 0 Å². The molecule has 1 heteroatoms. The van der Waals surface area contributed by atoms with Gasteiger partial charge in [-0.15, -0.1) is 0 Å². The molecule has 0 atom stereocenters. The fraction of sp³-hybridized carbons (Fsp3) is 1.00. The number of unbranched alkanes of at least 4 members (excludes halogenated alkanes) is 7. The summed E-state index contributed by atoms with van der Waals surface area (Å²) in [6.45, 7) is 10.5. The van der Waals surface area contributed by atoms with Gasteiger partial charge in [0.2, 0.25) is 0 Å². The minimum absolute atomic E-state index is 1.37. The van der Waals surface area contributed by atoms with E-state index < -0.39 is 0 Å². The zero-order chi connectivity index (χ0) is 13.8. The van der Waals surface area contributed by atoms with Crippen molar-refractivity contribution in [2.24, 2.45) is 0 Å².